The van der Waals surface area contributed by atoms with Gasteiger partial charge in [0.05, 0.1) is 5.75 Å². The lowest BCUT2D eigenvalue weighted by molar-refractivity contribution is 0.575. The van der Waals surface area contributed by atoms with Gasteiger partial charge < -0.3 is 9.88 Å². The van der Waals surface area contributed by atoms with Crippen LogP contribution in [0.5, 0.6) is 0 Å². The number of nitrogens with one attached hydrogen (secondary N) is 1. The Morgan fingerprint density at radius 3 is 2.67 bits per heavy atom. The van der Waals surface area contributed by atoms with Crippen molar-refractivity contribution in [3.05, 3.63) is 22.7 Å². The van der Waals surface area contributed by atoms with Crippen molar-refractivity contribution < 1.29 is 8.42 Å². The molecular formula is C11H19N3O3S. The van der Waals surface area contributed by atoms with E-state index in [-0.39, 0.29) is 35.5 Å². The Morgan fingerprint density at radius 1 is 1.44 bits per heavy atom. The zero-order valence-electron chi connectivity index (χ0n) is 10.9. The van der Waals surface area contributed by atoms with Crippen molar-refractivity contribution in [1.29, 1.82) is 0 Å². The van der Waals surface area contributed by atoms with Gasteiger partial charge in [0, 0.05) is 30.7 Å². The first kappa shape index (κ1) is 14.7. The van der Waals surface area contributed by atoms with Crippen LogP contribution >= 0.6 is 0 Å². The van der Waals surface area contributed by atoms with Crippen LogP contribution in [0.25, 0.3) is 0 Å². The van der Waals surface area contributed by atoms with Gasteiger partial charge in [-0.05, 0) is 13.8 Å². The van der Waals surface area contributed by atoms with E-state index in [1.807, 2.05) is 13.8 Å². The maximum Gasteiger partial charge on any atom is 0.293 e. The molecule has 1 rings (SSSR count). The highest BCUT2D eigenvalue weighted by Gasteiger charge is 2.09. The predicted octanol–water partition coefficient (Wildman–Crippen LogP) is 0.671. The average Bonchev–Trinajstić information content (AvgIpc) is 2.31. The summed E-state index contributed by atoms with van der Waals surface area (Å²) in [5.74, 6) is 0.298. The second-order valence-corrected chi connectivity index (χ2v) is 6.72. The third-order valence-corrected chi connectivity index (χ3v) is 4.28. The fourth-order valence-electron chi connectivity index (χ4n) is 1.42. The minimum Gasteiger partial charge on any atom is -0.364 e. The standard InChI is InChI=1S/C11H19N3O3S/c1-4-18(16,17)8-6-13-10-11(15)14(9(2)3)7-5-12-10/h5,7,9H,4,6,8H2,1-3H3,(H,12,13). The molecule has 0 saturated carbocycles. The Labute approximate surface area is 107 Å². The van der Waals surface area contributed by atoms with Gasteiger partial charge in [0.1, 0.15) is 0 Å². The van der Waals surface area contributed by atoms with Crippen molar-refractivity contribution in [2.75, 3.05) is 23.4 Å². The lowest BCUT2D eigenvalue weighted by Gasteiger charge is -2.11. The molecule has 0 radical (unpaired) electrons. The molecule has 102 valence electrons. The molecule has 0 aliphatic heterocycles. The number of aromatic nitrogens is 2. The van der Waals surface area contributed by atoms with E-state index in [9.17, 15) is 13.2 Å². The Hall–Kier alpha value is -1.37. The van der Waals surface area contributed by atoms with E-state index in [1.54, 1.807) is 17.7 Å². The molecule has 0 unspecified atom stereocenters. The zero-order valence-corrected chi connectivity index (χ0v) is 11.7. The summed E-state index contributed by atoms with van der Waals surface area (Å²) in [6, 6.07) is 0.0421. The molecule has 7 heteroatoms. The number of rotatable bonds is 6. The number of hydrogen-bond donors (Lipinski definition) is 1. The minimum atomic E-state index is -3.03. The van der Waals surface area contributed by atoms with Crippen molar-refractivity contribution in [3.63, 3.8) is 0 Å². The molecule has 1 aromatic heterocycles. The molecule has 6 nitrogen and oxygen atoms in total. The Morgan fingerprint density at radius 2 is 2.11 bits per heavy atom. The van der Waals surface area contributed by atoms with Crippen molar-refractivity contribution in [1.82, 2.24) is 9.55 Å². The summed E-state index contributed by atoms with van der Waals surface area (Å²) >= 11 is 0. The molecule has 0 fully saturated rings. The minimum absolute atomic E-state index is 0.00118. The topological polar surface area (TPSA) is 81.1 Å². The first-order valence-corrected chi connectivity index (χ1v) is 7.71. The van der Waals surface area contributed by atoms with Gasteiger partial charge in [0.2, 0.25) is 0 Å². The lowest BCUT2D eigenvalue weighted by Crippen LogP contribution is -2.27. The van der Waals surface area contributed by atoms with E-state index in [0.29, 0.717) is 0 Å². The van der Waals surface area contributed by atoms with E-state index in [4.69, 9.17) is 0 Å². The fourth-order valence-corrected chi connectivity index (χ4v) is 2.12. The summed E-state index contributed by atoms with van der Waals surface area (Å²) in [6.07, 6.45) is 3.14. The van der Waals surface area contributed by atoms with Gasteiger partial charge in [-0.3, -0.25) is 4.79 Å². The maximum absolute atomic E-state index is 11.9. The smallest absolute Gasteiger partial charge is 0.293 e. The number of sulfone groups is 1. The summed E-state index contributed by atoms with van der Waals surface area (Å²) in [4.78, 5) is 15.9. The second-order valence-electron chi connectivity index (χ2n) is 4.25. The van der Waals surface area contributed by atoms with E-state index >= 15 is 0 Å². The third-order valence-electron chi connectivity index (χ3n) is 2.57. The maximum atomic E-state index is 11.9. The highest BCUT2D eigenvalue weighted by Crippen LogP contribution is 2.01. The molecular weight excluding hydrogens is 254 g/mol. The van der Waals surface area contributed by atoms with Gasteiger partial charge in [-0.15, -0.1) is 0 Å². The summed E-state index contributed by atoms with van der Waals surface area (Å²) in [6.45, 7) is 5.59. The SMILES string of the molecule is CCS(=O)(=O)CCNc1nccn(C(C)C)c1=O. The Bertz CT molecular complexity index is 549. The van der Waals surface area contributed by atoms with Crippen LogP contribution in [0.2, 0.25) is 0 Å². The first-order valence-electron chi connectivity index (χ1n) is 5.89. The van der Waals surface area contributed by atoms with Crippen molar-refractivity contribution in [3.8, 4) is 0 Å². The average molecular weight is 273 g/mol. The van der Waals surface area contributed by atoms with Crippen molar-refractivity contribution in [2.45, 2.75) is 26.8 Å². The molecule has 0 amide bonds. The highest BCUT2D eigenvalue weighted by atomic mass is 32.2. The normalized spacial score (nSPS) is 11.8. The molecule has 0 spiro atoms. The molecule has 1 aromatic rings. The van der Waals surface area contributed by atoms with E-state index in [0.717, 1.165) is 0 Å². The van der Waals surface area contributed by atoms with Gasteiger partial charge in [-0.2, -0.15) is 0 Å². The van der Waals surface area contributed by atoms with Crippen molar-refractivity contribution >= 4 is 15.7 Å². The zero-order chi connectivity index (χ0) is 13.8. The predicted molar refractivity (Wildman–Crippen MR) is 71.7 cm³/mol. The molecule has 1 heterocycles. The molecule has 0 atom stereocenters. The quantitative estimate of drug-likeness (QED) is 0.824. The molecule has 18 heavy (non-hydrogen) atoms. The van der Waals surface area contributed by atoms with E-state index < -0.39 is 9.84 Å². The first-order chi connectivity index (χ1) is 8.37. The van der Waals surface area contributed by atoms with Crippen LogP contribution < -0.4 is 10.9 Å². The molecule has 0 aliphatic carbocycles. The van der Waals surface area contributed by atoms with Crippen LogP contribution in [-0.4, -0.2) is 36.0 Å². The molecule has 0 aliphatic rings. The van der Waals surface area contributed by atoms with Crippen LogP contribution in [-0.2, 0) is 9.84 Å². The van der Waals surface area contributed by atoms with Crippen LogP contribution in [0, 0.1) is 0 Å². The van der Waals surface area contributed by atoms with Gasteiger partial charge >= 0.3 is 0 Å². The molecule has 0 saturated heterocycles. The lowest BCUT2D eigenvalue weighted by atomic mass is 10.4. The van der Waals surface area contributed by atoms with E-state index in [2.05, 4.69) is 10.3 Å². The van der Waals surface area contributed by atoms with Gasteiger partial charge in [-0.25, -0.2) is 13.4 Å². The van der Waals surface area contributed by atoms with Crippen LogP contribution in [0.15, 0.2) is 17.2 Å². The summed E-state index contributed by atoms with van der Waals surface area (Å²) in [5, 5.41) is 2.78. The molecule has 0 bridgehead atoms. The second kappa shape index (κ2) is 5.99. The summed E-state index contributed by atoms with van der Waals surface area (Å²) < 4.78 is 24.2. The Kier molecular flexibility index (Phi) is 4.89. The van der Waals surface area contributed by atoms with Gasteiger partial charge in [0.15, 0.2) is 15.7 Å². The van der Waals surface area contributed by atoms with Crippen LogP contribution in [0.1, 0.15) is 26.8 Å². The van der Waals surface area contributed by atoms with Crippen LogP contribution in [0.3, 0.4) is 0 Å². The summed E-state index contributed by atoms with van der Waals surface area (Å²) in [5.41, 5.74) is -0.235. The molecule has 0 aromatic carbocycles. The van der Waals surface area contributed by atoms with Gasteiger partial charge in [0.25, 0.3) is 5.56 Å². The number of hydrogen-bond acceptors (Lipinski definition) is 5. The van der Waals surface area contributed by atoms with Gasteiger partial charge in [-0.1, -0.05) is 6.92 Å². The van der Waals surface area contributed by atoms with Crippen molar-refractivity contribution in [2.24, 2.45) is 0 Å². The largest absolute Gasteiger partial charge is 0.364 e. The molecule has 1 N–H and O–H groups in total. The summed E-state index contributed by atoms with van der Waals surface area (Å²) in [7, 11) is -3.03. The van der Waals surface area contributed by atoms with Crippen LogP contribution in [0.4, 0.5) is 5.82 Å². The third kappa shape index (κ3) is 3.83. The highest BCUT2D eigenvalue weighted by molar-refractivity contribution is 7.91. The number of anilines is 1. The monoisotopic (exact) mass is 273 g/mol. The van der Waals surface area contributed by atoms with E-state index in [1.165, 1.54) is 6.20 Å². The number of nitrogens with zero attached hydrogens (tertiary/aromatic N) is 2. The fraction of sp³-hybridized carbons (Fsp3) is 0.636. The Balaban J connectivity index is 2.75.